The highest BCUT2D eigenvalue weighted by Gasteiger charge is 2.28. The zero-order chi connectivity index (χ0) is 24.3. The number of halogens is 2. The Balaban J connectivity index is 1.54. The summed E-state index contributed by atoms with van der Waals surface area (Å²) in [6.45, 7) is 5.74. The van der Waals surface area contributed by atoms with Crippen molar-refractivity contribution in [3.8, 4) is 17.0 Å². The number of hydrogen-bond acceptors (Lipinski definition) is 6. The van der Waals surface area contributed by atoms with Gasteiger partial charge in [-0.15, -0.1) is 0 Å². The van der Waals surface area contributed by atoms with E-state index in [0.717, 1.165) is 30.4 Å². The molecule has 0 atom stereocenters. The van der Waals surface area contributed by atoms with Crippen molar-refractivity contribution in [3.63, 3.8) is 0 Å². The van der Waals surface area contributed by atoms with Crippen molar-refractivity contribution in [2.75, 3.05) is 11.4 Å². The first-order valence-corrected chi connectivity index (χ1v) is 11.5. The van der Waals surface area contributed by atoms with Crippen LogP contribution in [-0.4, -0.2) is 35.7 Å². The van der Waals surface area contributed by atoms with E-state index in [9.17, 15) is 14.3 Å². The smallest absolute Gasteiger partial charge is 0.351 e. The first-order valence-electron chi connectivity index (χ1n) is 11.5. The first-order chi connectivity index (χ1) is 16.9. The summed E-state index contributed by atoms with van der Waals surface area (Å²) in [4.78, 5) is 28.2. The summed E-state index contributed by atoms with van der Waals surface area (Å²) >= 11 is 0. The monoisotopic (exact) mass is 476 g/mol. The Morgan fingerprint density at radius 2 is 2.00 bits per heavy atom. The molecular formula is C25H22F2N6O2. The van der Waals surface area contributed by atoms with Gasteiger partial charge >= 0.3 is 5.69 Å². The van der Waals surface area contributed by atoms with Crippen molar-refractivity contribution < 1.29 is 13.9 Å². The molecule has 0 spiro atoms. The van der Waals surface area contributed by atoms with E-state index in [1.807, 2.05) is 9.47 Å². The molecule has 0 amide bonds. The SMILES string of the molecule is C=Cc1ncc2n1CCN(c1nc(=O)n(CC3CC3)c3nc(-c4c(O)cccc4F)c(F)cc13)C2. The number of aromatic nitrogens is 5. The summed E-state index contributed by atoms with van der Waals surface area (Å²) in [7, 11) is 0. The molecule has 0 bridgehead atoms. The molecule has 1 aliphatic heterocycles. The van der Waals surface area contributed by atoms with Gasteiger partial charge in [0.25, 0.3) is 0 Å². The Labute approximate surface area is 198 Å². The molecule has 10 heteroatoms. The predicted octanol–water partition coefficient (Wildman–Crippen LogP) is 3.71. The number of phenols is 1. The third-order valence-corrected chi connectivity index (χ3v) is 6.65. The molecule has 1 saturated carbocycles. The van der Waals surface area contributed by atoms with Crippen LogP contribution in [0.25, 0.3) is 28.4 Å². The average Bonchev–Trinajstić information content (AvgIpc) is 3.57. The molecule has 0 saturated heterocycles. The number of rotatable bonds is 5. The lowest BCUT2D eigenvalue weighted by Crippen LogP contribution is -2.37. The number of pyridine rings is 1. The number of fused-ring (bicyclic) bond motifs is 2. The Morgan fingerprint density at radius 3 is 2.74 bits per heavy atom. The maximum absolute atomic E-state index is 15.4. The summed E-state index contributed by atoms with van der Waals surface area (Å²) < 4.78 is 33.5. The zero-order valence-electron chi connectivity index (χ0n) is 18.8. The lowest BCUT2D eigenvalue weighted by atomic mass is 10.1. The maximum atomic E-state index is 15.4. The Kier molecular flexibility index (Phi) is 4.91. The Bertz CT molecular complexity index is 1540. The van der Waals surface area contributed by atoms with E-state index >= 15 is 4.39 Å². The molecule has 1 aromatic carbocycles. The lowest BCUT2D eigenvalue weighted by Gasteiger charge is -2.30. The molecule has 0 unspecified atom stereocenters. The van der Waals surface area contributed by atoms with Crippen molar-refractivity contribution in [3.05, 3.63) is 70.7 Å². The quantitative estimate of drug-likeness (QED) is 0.473. The molecule has 1 fully saturated rings. The molecule has 3 aromatic heterocycles. The first kappa shape index (κ1) is 21.5. The fraction of sp³-hybridized carbons (Fsp3) is 0.280. The highest BCUT2D eigenvalue weighted by Crippen LogP contribution is 2.36. The molecule has 35 heavy (non-hydrogen) atoms. The topological polar surface area (TPSA) is 89.1 Å². The van der Waals surface area contributed by atoms with E-state index in [0.29, 0.717) is 43.3 Å². The number of hydrogen-bond donors (Lipinski definition) is 1. The van der Waals surface area contributed by atoms with E-state index in [2.05, 4.69) is 21.5 Å². The molecule has 6 rings (SSSR count). The third-order valence-electron chi connectivity index (χ3n) is 6.65. The van der Waals surface area contributed by atoms with Crippen LogP contribution in [0.5, 0.6) is 5.75 Å². The van der Waals surface area contributed by atoms with Crippen molar-refractivity contribution in [1.29, 1.82) is 0 Å². The van der Waals surface area contributed by atoms with Gasteiger partial charge in [0.1, 0.15) is 34.6 Å². The van der Waals surface area contributed by atoms with Crippen LogP contribution in [-0.2, 0) is 19.6 Å². The van der Waals surface area contributed by atoms with Gasteiger partial charge in [0.15, 0.2) is 5.82 Å². The number of benzene rings is 1. The molecule has 1 N–H and O–H groups in total. The van der Waals surface area contributed by atoms with E-state index in [1.165, 1.54) is 22.8 Å². The summed E-state index contributed by atoms with van der Waals surface area (Å²) in [5.41, 5.74) is -0.0365. The van der Waals surface area contributed by atoms with E-state index in [4.69, 9.17) is 0 Å². The predicted molar refractivity (Wildman–Crippen MR) is 127 cm³/mol. The second-order valence-corrected chi connectivity index (χ2v) is 8.98. The van der Waals surface area contributed by atoms with Crippen LogP contribution in [0.1, 0.15) is 24.4 Å². The van der Waals surface area contributed by atoms with Crippen LogP contribution < -0.4 is 10.6 Å². The van der Waals surface area contributed by atoms with Gasteiger partial charge < -0.3 is 14.6 Å². The minimum absolute atomic E-state index is 0.219. The second-order valence-electron chi connectivity index (χ2n) is 8.98. The standard InChI is InChI=1S/C25H22F2N6O2/c1-2-20-28-11-15-13-31(8-9-32(15)20)23-16-10-18(27)22(21-17(26)4-3-5-19(21)34)29-24(16)33(25(35)30-23)12-14-6-7-14/h2-5,10-11,14,34H,1,6-9,12-13H2. The maximum Gasteiger partial charge on any atom is 0.351 e. The highest BCUT2D eigenvalue weighted by atomic mass is 19.1. The minimum Gasteiger partial charge on any atom is -0.507 e. The number of anilines is 1. The summed E-state index contributed by atoms with van der Waals surface area (Å²) in [5.74, 6) is -0.637. The van der Waals surface area contributed by atoms with Gasteiger partial charge in [-0.25, -0.2) is 23.5 Å². The number of imidazole rings is 1. The van der Waals surface area contributed by atoms with Crippen LogP contribution in [0.4, 0.5) is 14.6 Å². The van der Waals surface area contributed by atoms with Gasteiger partial charge in [0.05, 0.1) is 29.4 Å². The minimum atomic E-state index is -0.812. The van der Waals surface area contributed by atoms with Gasteiger partial charge in [-0.3, -0.25) is 4.57 Å². The number of phenolic OH excluding ortho intramolecular Hbond substituents is 1. The molecule has 178 valence electrons. The molecule has 4 heterocycles. The molecule has 4 aromatic rings. The van der Waals surface area contributed by atoms with Gasteiger partial charge in [0.2, 0.25) is 0 Å². The molecule has 2 aliphatic rings. The number of nitrogens with zero attached hydrogens (tertiary/aromatic N) is 6. The molecule has 8 nitrogen and oxygen atoms in total. The van der Waals surface area contributed by atoms with Gasteiger partial charge in [0, 0.05) is 19.6 Å². The molecule has 1 aliphatic carbocycles. The Hall–Kier alpha value is -4.08. The molecule has 0 radical (unpaired) electrons. The fourth-order valence-corrected chi connectivity index (χ4v) is 4.69. The van der Waals surface area contributed by atoms with Crippen LogP contribution in [0.15, 0.2) is 41.8 Å². The Morgan fingerprint density at radius 1 is 1.17 bits per heavy atom. The van der Waals surface area contributed by atoms with Gasteiger partial charge in [-0.1, -0.05) is 12.6 Å². The summed E-state index contributed by atoms with van der Waals surface area (Å²) in [6, 6.07) is 4.96. The van der Waals surface area contributed by atoms with Crippen molar-refractivity contribution in [2.24, 2.45) is 5.92 Å². The van der Waals surface area contributed by atoms with Crippen molar-refractivity contribution in [1.82, 2.24) is 24.1 Å². The fourth-order valence-electron chi connectivity index (χ4n) is 4.69. The van der Waals surface area contributed by atoms with E-state index in [-0.39, 0.29) is 16.9 Å². The van der Waals surface area contributed by atoms with Gasteiger partial charge in [-0.2, -0.15) is 4.98 Å². The van der Waals surface area contributed by atoms with Crippen LogP contribution in [0.3, 0.4) is 0 Å². The van der Waals surface area contributed by atoms with Crippen molar-refractivity contribution in [2.45, 2.75) is 32.5 Å². The third kappa shape index (κ3) is 3.56. The average molecular weight is 476 g/mol. The number of aromatic hydroxyl groups is 1. The summed E-state index contributed by atoms with van der Waals surface area (Å²) in [6.07, 6.45) is 5.40. The van der Waals surface area contributed by atoms with E-state index in [1.54, 1.807) is 12.3 Å². The largest absolute Gasteiger partial charge is 0.507 e. The highest BCUT2D eigenvalue weighted by molar-refractivity contribution is 5.89. The zero-order valence-corrected chi connectivity index (χ0v) is 18.8. The second kappa shape index (κ2) is 8.00. The van der Waals surface area contributed by atoms with Crippen LogP contribution in [0, 0.1) is 17.6 Å². The molecular weight excluding hydrogens is 454 g/mol. The normalized spacial score (nSPS) is 15.4. The van der Waals surface area contributed by atoms with Crippen LogP contribution >= 0.6 is 0 Å². The summed E-state index contributed by atoms with van der Waals surface area (Å²) in [5, 5.41) is 10.6. The van der Waals surface area contributed by atoms with Crippen molar-refractivity contribution >= 4 is 22.9 Å². The lowest BCUT2D eigenvalue weighted by molar-refractivity contribution is 0.470. The van der Waals surface area contributed by atoms with Gasteiger partial charge in [-0.05, 0) is 43.0 Å². The van der Waals surface area contributed by atoms with Crippen LogP contribution in [0.2, 0.25) is 0 Å². The van der Waals surface area contributed by atoms with E-state index < -0.39 is 23.1 Å².